The van der Waals surface area contributed by atoms with Crippen LogP contribution in [-0.2, 0) is 10.1 Å². The van der Waals surface area contributed by atoms with E-state index in [1.54, 1.807) is 4.90 Å². The van der Waals surface area contributed by atoms with Gasteiger partial charge in [-0.3, -0.25) is 4.55 Å². The smallest absolute Gasteiger partial charge is 1.00 e. The summed E-state index contributed by atoms with van der Waals surface area (Å²) < 4.78 is 31.3. The minimum atomic E-state index is -4.05. The van der Waals surface area contributed by atoms with Crippen LogP contribution in [0, 0.1) is 6.92 Å². The van der Waals surface area contributed by atoms with Gasteiger partial charge in [-0.05, 0) is 38.5 Å². The van der Waals surface area contributed by atoms with E-state index in [-0.39, 0.29) is 52.8 Å². The second-order valence-electron chi connectivity index (χ2n) is 3.74. The minimum Gasteiger partial charge on any atom is -1.00 e. The maximum Gasteiger partial charge on any atom is 1.00 e. The van der Waals surface area contributed by atoms with Crippen LogP contribution >= 0.6 is 0 Å². The number of aryl methyl sites for hydroxylation is 1. The average Bonchev–Trinajstić information content (AvgIpc) is 2.17. The van der Waals surface area contributed by atoms with Gasteiger partial charge in [0.2, 0.25) is 0 Å². The Bertz CT molecular complexity index is 467. The van der Waals surface area contributed by atoms with E-state index in [9.17, 15) is 8.42 Å². The fourth-order valence-corrected chi connectivity index (χ4v) is 2.21. The molecule has 0 saturated heterocycles. The zero-order valence-electron chi connectivity index (χ0n) is 11.7. The Kier molecular flexibility index (Phi) is 7.47. The Morgan fingerprint density at radius 2 is 2.06 bits per heavy atom. The molecule has 0 spiro atoms. The molecule has 0 heterocycles. The number of nitrogens with zero attached hydrogens (tertiary/aromatic N) is 1. The number of hydrogen-bond donors (Lipinski definition) is 1. The van der Waals surface area contributed by atoms with E-state index >= 15 is 0 Å². The Balaban J connectivity index is 0. The first-order chi connectivity index (χ1) is 7.36. The summed E-state index contributed by atoms with van der Waals surface area (Å²) in [6.45, 7) is 5.78. The number of benzene rings is 1. The Hall–Kier alpha value is 0.566. The third kappa shape index (κ3) is 4.98. The summed E-state index contributed by atoms with van der Waals surface area (Å²) in [5.41, 5.74) is 1.85. The fourth-order valence-electron chi connectivity index (χ4n) is 1.62. The van der Waals surface area contributed by atoms with Crippen LogP contribution in [0.4, 0.5) is 5.69 Å². The van der Waals surface area contributed by atoms with E-state index in [2.05, 4.69) is 0 Å². The summed E-state index contributed by atoms with van der Waals surface area (Å²) in [6, 6.07) is 7.53. The third-order valence-electron chi connectivity index (χ3n) is 2.54. The zero-order valence-corrected chi connectivity index (χ0v) is 14.7. The molecule has 0 amide bonds. The van der Waals surface area contributed by atoms with Crippen molar-refractivity contribution in [1.82, 2.24) is 0 Å². The first-order valence-electron chi connectivity index (χ1n) is 5.16. The Morgan fingerprint density at radius 1 is 1.47 bits per heavy atom. The van der Waals surface area contributed by atoms with Crippen LogP contribution in [-0.4, -0.2) is 24.9 Å². The summed E-state index contributed by atoms with van der Waals surface area (Å²) in [4.78, 5) is 1.64. The molecular formula is C11H18KNO3S. The van der Waals surface area contributed by atoms with Crippen molar-refractivity contribution in [3.63, 3.8) is 0 Å². The van der Waals surface area contributed by atoms with Crippen LogP contribution in [0.3, 0.4) is 0 Å². The van der Waals surface area contributed by atoms with Crippen molar-refractivity contribution >= 4 is 15.8 Å². The molecular weight excluding hydrogens is 265 g/mol. The predicted octanol–water partition coefficient (Wildman–Crippen LogP) is -0.828. The molecule has 0 bridgehead atoms. The average molecular weight is 283 g/mol. The SMILES string of the molecule is CCN(c1cccc(C)c1)C(C)S(=O)(=O)O.[H-].[K+]. The zero-order chi connectivity index (χ0) is 12.3. The molecule has 1 N–H and O–H groups in total. The maximum absolute atomic E-state index is 11.1. The van der Waals surface area contributed by atoms with Gasteiger partial charge in [0, 0.05) is 12.2 Å². The van der Waals surface area contributed by atoms with Crippen molar-refractivity contribution < 1.29 is 65.8 Å². The van der Waals surface area contributed by atoms with Crippen molar-refractivity contribution in [2.75, 3.05) is 11.4 Å². The third-order valence-corrected chi connectivity index (χ3v) is 3.66. The summed E-state index contributed by atoms with van der Waals surface area (Å²) in [6.07, 6.45) is 0. The van der Waals surface area contributed by atoms with Crippen molar-refractivity contribution in [3.8, 4) is 0 Å². The molecule has 0 radical (unpaired) electrons. The quantitative estimate of drug-likeness (QED) is 0.579. The molecule has 1 aromatic rings. The molecule has 0 saturated carbocycles. The van der Waals surface area contributed by atoms with E-state index in [1.807, 2.05) is 38.1 Å². The molecule has 0 aliphatic rings. The molecule has 0 fully saturated rings. The van der Waals surface area contributed by atoms with Crippen molar-refractivity contribution in [1.29, 1.82) is 0 Å². The fraction of sp³-hybridized carbons (Fsp3) is 0.455. The first kappa shape index (κ1) is 17.6. The second kappa shape index (κ2) is 7.23. The molecule has 1 aromatic carbocycles. The monoisotopic (exact) mass is 283 g/mol. The van der Waals surface area contributed by atoms with E-state index in [0.29, 0.717) is 6.54 Å². The number of rotatable bonds is 4. The van der Waals surface area contributed by atoms with Gasteiger partial charge in [0.25, 0.3) is 10.1 Å². The normalized spacial score (nSPS) is 12.7. The molecule has 0 aliphatic carbocycles. The summed E-state index contributed by atoms with van der Waals surface area (Å²) in [5, 5.41) is -0.931. The van der Waals surface area contributed by atoms with Crippen LogP contribution < -0.4 is 56.3 Å². The molecule has 0 aromatic heterocycles. The largest absolute Gasteiger partial charge is 1.00 e. The van der Waals surface area contributed by atoms with Gasteiger partial charge in [0.1, 0.15) is 0 Å². The Labute approximate surface area is 147 Å². The van der Waals surface area contributed by atoms with E-state index < -0.39 is 15.5 Å². The van der Waals surface area contributed by atoms with E-state index in [4.69, 9.17) is 4.55 Å². The topological polar surface area (TPSA) is 57.6 Å². The molecule has 1 rings (SSSR count). The standard InChI is InChI=1S/C11H17NO3S.K.H/c1-4-12(10(3)16(13,14)15)11-7-5-6-9(2)8-11;;/h5-8,10H,4H2,1-3H3,(H,13,14,15);;/q;+1;-1. The Morgan fingerprint density at radius 3 is 2.47 bits per heavy atom. The second-order valence-corrected chi connectivity index (χ2v) is 5.45. The summed E-state index contributed by atoms with van der Waals surface area (Å²) in [5.74, 6) is 0. The molecule has 6 heteroatoms. The maximum atomic E-state index is 11.1. The molecule has 4 nitrogen and oxygen atoms in total. The van der Waals surface area contributed by atoms with Gasteiger partial charge in [-0.2, -0.15) is 8.42 Å². The molecule has 0 aliphatic heterocycles. The van der Waals surface area contributed by atoms with Crippen molar-refractivity contribution in [3.05, 3.63) is 29.8 Å². The van der Waals surface area contributed by atoms with Crippen LogP contribution in [0.25, 0.3) is 0 Å². The van der Waals surface area contributed by atoms with E-state index in [1.165, 1.54) is 6.92 Å². The molecule has 92 valence electrons. The van der Waals surface area contributed by atoms with Crippen molar-refractivity contribution in [2.45, 2.75) is 26.1 Å². The van der Waals surface area contributed by atoms with Gasteiger partial charge in [-0.1, -0.05) is 12.1 Å². The van der Waals surface area contributed by atoms with Crippen LogP contribution in [0.15, 0.2) is 24.3 Å². The number of hydrogen-bond acceptors (Lipinski definition) is 3. The van der Waals surface area contributed by atoms with Gasteiger partial charge in [0.05, 0.1) is 0 Å². The van der Waals surface area contributed by atoms with Gasteiger partial charge < -0.3 is 6.33 Å². The van der Waals surface area contributed by atoms with Crippen LogP contribution in [0.1, 0.15) is 20.8 Å². The first-order valence-corrected chi connectivity index (χ1v) is 6.66. The summed E-state index contributed by atoms with van der Waals surface area (Å²) in [7, 11) is -4.05. The van der Waals surface area contributed by atoms with Crippen LogP contribution in [0.2, 0.25) is 0 Å². The van der Waals surface area contributed by atoms with Gasteiger partial charge >= 0.3 is 51.4 Å². The summed E-state index contributed by atoms with van der Waals surface area (Å²) >= 11 is 0. The van der Waals surface area contributed by atoms with E-state index in [0.717, 1.165) is 11.3 Å². The molecule has 1 atom stereocenters. The van der Waals surface area contributed by atoms with Gasteiger partial charge in [0.15, 0.2) is 5.37 Å². The minimum absolute atomic E-state index is 0. The molecule has 1 unspecified atom stereocenters. The van der Waals surface area contributed by atoms with Crippen LogP contribution in [0.5, 0.6) is 0 Å². The van der Waals surface area contributed by atoms with Crippen molar-refractivity contribution in [2.24, 2.45) is 0 Å². The van der Waals surface area contributed by atoms with Gasteiger partial charge in [-0.25, -0.2) is 0 Å². The molecule has 17 heavy (non-hydrogen) atoms. The van der Waals surface area contributed by atoms with Gasteiger partial charge in [-0.15, -0.1) is 0 Å². The predicted molar refractivity (Wildman–Crippen MR) is 66.3 cm³/mol. The number of anilines is 1.